The molecule has 1 atom stereocenters. The lowest BCUT2D eigenvalue weighted by molar-refractivity contribution is -0.148. The fourth-order valence-corrected chi connectivity index (χ4v) is 4.61. The van der Waals surface area contributed by atoms with Crippen LogP contribution in [0.25, 0.3) is 0 Å². The molecule has 0 N–H and O–H groups in total. The number of esters is 1. The second-order valence-corrected chi connectivity index (χ2v) is 8.86. The number of hydrogen-bond donors (Lipinski definition) is 0. The van der Waals surface area contributed by atoms with Crippen molar-refractivity contribution in [2.45, 2.75) is 17.9 Å². The van der Waals surface area contributed by atoms with Crippen LogP contribution in [0.15, 0.2) is 53.4 Å². The molecule has 1 aliphatic heterocycles. The van der Waals surface area contributed by atoms with Crippen molar-refractivity contribution in [2.24, 2.45) is 0 Å². The average Bonchev–Trinajstić information content (AvgIpc) is 2.76. The van der Waals surface area contributed by atoms with Gasteiger partial charge in [0.2, 0.25) is 22.0 Å². The van der Waals surface area contributed by atoms with Crippen LogP contribution in [0.2, 0.25) is 5.02 Å². The third kappa shape index (κ3) is 4.43. The number of likely N-dealkylation sites (N-methyl/N-ethyl adjacent to an activating group) is 1. The Morgan fingerprint density at radius 1 is 1.20 bits per heavy atom. The van der Waals surface area contributed by atoms with Crippen molar-refractivity contribution in [1.29, 1.82) is 0 Å². The van der Waals surface area contributed by atoms with Crippen molar-refractivity contribution in [3.8, 4) is 5.75 Å². The van der Waals surface area contributed by atoms with Crippen molar-refractivity contribution < 1.29 is 27.5 Å². The molecule has 1 heterocycles. The topological polar surface area (TPSA) is 93.2 Å². The van der Waals surface area contributed by atoms with E-state index in [9.17, 15) is 18.0 Å². The summed E-state index contributed by atoms with van der Waals surface area (Å²) in [6.07, 6.45) is -1.00. The molecule has 0 saturated heterocycles. The minimum atomic E-state index is -3.91. The molecule has 160 valence electrons. The van der Waals surface area contributed by atoms with Gasteiger partial charge < -0.3 is 14.4 Å². The van der Waals surface area contributed by atoms with Crippen LogP contribution < -0.4 is 9.64 Å². The Labute approximate surface area is 180 Å². The molecule has 0 aromatic heterocycles. The van der Waals surface area contributed by atoms with Crippen LogP contribution in [0.4, 0.5) is 5.69 Å². The predicted molar refractivity (Wildman–Crippen MR) is 111 cm³/mol. The lowest BCUT2D eigenvalue weighted by Crippen LogP contribution is -2.50. The Balaban J connectivity index is 1.87. The molecule has 30 heavy (non-hydrogen) atoms. The van der Waals surface area contributed by atoms with Crippen molar-refractivity contribution >= 4 is 39.2 Å². The van der Waals surface area contributed by atoms with E-state index < -0.39 is 34.5 Å². The van der Waals surface area contributed by atoms with Crippen LogP contribution >= 0.6 is 11.6 Å². The minimum Gasteiger partial charge on any atom is -0.475 e. The largest absolute Gasteiger partial charge is 0.475 e. The highest BCUT2D eigenvalue weighted by molar-refractivity contribution is 7.89. The van der Waals surface area contributed by atoms with Gasteiger partial charge in [0.25, 0.3) is 0 Å². The smallest absolute Gasteiger partial charge is 0.348 e. The van der Waals surface area contributed by atoms with Crippen LogP contribution in [-0.4, -0.2) is 57.4 Å². The molecule has 1 aliphatic rings. The Morgan fingerprint density at radius 3 is 2.50 bits per heavy atom. The first kappa shape index (κ1) is 22.1. The summed E-state index contributed by atoms with van der Waals surface area (Å²) in [6, 6.07) is 12.5. The molecule has 0 bridgehead atoms. The van der Waals surface area contributed by atoms with Gasteiger partial charge >= 0.3 is 5.97 Å². The van der Waals surface area contributed by atoms with E-state index in [0.717, 1.165) is 4.31 Å². The Morgan fingerprint density at radius 2 is 1.87 bits per heavy atom. The lowest BCUT2D eigenvalue weighted by Gasteiger charge is -2.34. The van der Waals surface area contributed by atoms with Crippen LogP contribution in [-0.2, 0) is 24.3 Å². The van der Waals surface area contributed by atoms with E-state index in [-0.39, 0.29) is 18.0 Å². The number of sulfonamides is 1. The fraction of sp³-hybridized carbons (Fsp3) is 0.300. The minimum absolute atomic E-state index is 0.0383. The van der Waals surface area contributed by atoms with E-state index in [0.29, 0.717) is 16.5 Å². The molecule has 0 fully saturated rings. The number of methoxy groups -OCH3 is 1. The molecule has 0 spiro atoms. The molecule has 0 aliphatic carbocycles. The number of nitrogens with zero attached hydrogens (tertiary/aromatic N) is 2. The molecule has 2 aromatic rings. The summed E-state index contributed by atoms with van der Waals surface area (Å²) in [6.45, 7) is 1.25. The highest BCUT2D eigenvalue weighted by Gasteiger charge is 2.36. The Hall–Kier alpha value is -2.62. The summed E-state index contributed by atoms with van der Waals surface area (Å²) in [5.74, 6) is -0.765. The van der Waals surface area contributed by atoms with Crippen molar-refractivity contribution in [1.82, 2.24) is 4.31 Å². The summed E-state index contributed by atoms with van der Waals surface area (Å²) in [4.78, 5) is 26.5. The van der Waals surface area contributed by atoms with E-state index in [1.165, 1.54) is 36.3 Å². The van der Waals surface area contributed by atoms with E-state index in [2.05, 4.69) is 0 Å². The average molecular weight is 453 g/mol. The number of fused-ring (bicyclic) bond motifs is 1. The number of amides is 1. The normalized spacial score (nSPS) is 16.0. The maximum absolute atomic E-state index is 13.1. The third-order valence-electron chi connectivity index (χ3n) is 4.65. The first-order valence-corrected chi connectivity index (χ1v) is 11.0. The number of rotatable bonds is 6. The van der Waals surface area contributed by atoms with E-state index in [1.807, 2.05) is 0 Å². The summed E-state index contributed by atoms with van der Waals surface area (Å²) < 4.78 is 37.4. The van der Waals surface area contributed by atoms with Crippen molar-refractivity contribution in [3.05, 3.63) is 53.6 Å². The molecular formula is C20H21ClN2O6S. The van der Waals surface area contributed by atoms with Crippen LogP contribution in [0.5, 0.6) is 5.75 Å². The molecule has 3 rings (SSSR count). The van der Waals surface area contributed by atoms with Gasteiger partial charge in [0.15, 0.2) is 0 Å². The van der Waals surface area contributed by atoms with Gasteiger partial charge in [-0.05, 0) is 36.4 Å². The Kier molecular flexibility index (Phi) is 6.64. The zero-order valence-corrected chi connectivity index (χ0v) is 18.0. The monoisotopic (exact) mass is 452 g/mol. The number of hydrogen-bond acceptors (Lipinski definition) is 6. The number of anilines is 1. The quantitative estimate of drug-likeness (QED) is 0.624. The van der Waals surface area contributed by atoms with Gasteiger partial charge in [0.1, 0.15) is 5.75 Å². The third-order valence-corrected chi connectivity index (χ3v) is 6.84. The molecule has 2 aromatic carbocycles. The van der Waals surface area contributed by atoms with Crippen LogP contribution in [0.1, 0.15) is 6.92 Å². The van der Waals surface area contributed by atoms with E-state index >= 15 is 0 Å². The molecule has 1 amide bonds. The number of benzene rings is 2. The molecule has 8 nitrogen and oxygen atoms in total. The van der Waals surface area contributed by atoms with E-state index in [1.54, 1.807) is 31.2 Å². The number of halogens is 1. The van der Waals surface area contributed by atoms with Crippen LogP contribution in [0.3, 0.4) is 0 Å². The summed E-state index contributed by atoms with van der Waals surface area (Å²) in [7, 11) is -2.68. The SMILES string of the molecule is CCN(CC(=O)N1C[C@H](C(=O)OC)Oc2ccccc21)S(=O)(=O)c1ccc(Cl)cc1. The maximum Gasteiger partial charge on any atom is 0.348 e. The van der Waals surface area contributed by atoms with Gasteiger partial charge in [-0.1, -0.05) is 30.7 Å². The predicted octanol–water partition coefficient (Wildman–Crippen LogP) is 2.32. The van der Waals surface area contributed by atoms with Gasteiger partial charge in [0, 0.05) is 11.6 Å². The van der Waals surface area contributed by atoms with Crippen molar-refractivity contribution in [3.63, 3.8) is 0 Å². The highest BCUT2D eigenvalue weighted by Crippen LogP contribution is 2.33. The molecule has 0 radical (unpaired) electrons. The van der Waals surface area contributed by atoms with Gasteiger partial charge in [-0.15, -0.1) is 0 Å². The lowest BCUT2D eigenvalue weighted by atomic mass is 10.2. The Bertz CT molecular complexity index is 1040. The standard InChI is InChI=1S/C20H21ClN2O6S/c1-3-22(30(26,27)15-10-8-14(21)9-11-15)13-19(24)23-12-18(20(25)28-2)29-17-7-5-4-6-16(17)23/h4-11,18H,3,12-13H2,1-2H3/t18-/m1/s1. The molecule has 0 unspecified atom stereocenters. The van der Waals surface area contributed by atoms with E-state index in [4.69, 9.17) is 21.1 Å². The zero-order valence-electron chi connectivity index (χ0n) is 16.4. The number of ether oxygens (including phenoxy) is 2. The molecule has 10 heteroatoms. The second kappa shape index (κ2) is 9.03. The number of para-hydroxylation sites is 2. The summed E-state index contributed by atoms with van der Waals surface area (Å²) >= 11 is 5.84. The van der Waals surface area contributed by atoms with Crippen molar-refractivity contribution in [2.75, 3.05) is 31.6 Å². The highest BCUT2D eigenvalue weighted by atomic mass is 35.5. The van der Waals surface area contributed by atoms with Crippen LogP contribution in [0, 0.1) is 0 Å². The number of carbonyl (C=O) groups is 2. The van der Waals surface area contributed by atoms with Gasteiger partial charge in [-0.3, -0.25) is 4.79 Å². The van der Waals surface area contributed by atoms with Gasteiger partial charge in [-0.2, -0.15) is 4.31 Å². The van der Waals surface area contributed by atoms with Gasteiger partial charge in [0.05, 0.1) is 30.8 Å². The number of carbonyl (C=O) groups excluding carboxylic acids is 2. The maximum atomic E-state index is 13.1. The first-order chi connectivity index (χ1) is 14.3. The fourth-order valence-electron chi connectivity index (χ4n) is 3.08. The molecule has 0 saturated carbocycles. The summed E-state index contributed by atoms with van der Waals surface area (Å²) in [5, 5.41) is 0.409. The molecular weight excluding hydrogens is 432 g/mol. The van der Waals surface area contributed by atoms with Gasteiger partial charge in [-0.25, -0.2) is 13.2 Å². The first-order valence-electron chi connectivity index (χ1n) is 9.17. The zero-order chi connectivity index (χ0) is 21.9. The summed E-state index contributed by atoms with van der Waals surface area (Å²) in [5.41, 5.74) is 0.461. The second-order valence-electron chi connectivity index (χ2n) is 6.49.